The summed E-state index contributed by atoms with van der Waals surface area (Å²) in [6.45, 7) is 14.0. The topological polar surface area (TPSA) is 312 Å². The number of aliphatic hydroxyl groups excluding tert-OH is 10. The average molecular weight is 957 g/mol. The maximum absolute atomic E-state index is 13.8. The van der Waals surface area contributed by atoms with Gasteiger partial charge in [0.05, 0.1) is 30.8 Å². The fourth-order valence-electron chi connectivity index (χ4n) is 15.0. The van der Waals surface area contributed by atoms with E-state index in [9.17, 15) is 65.8 Å². The molecule has 8 rings (SSSR count). The van der Waals surface area contributed by atoms with Gasteiger partial charge in [0.1, 0.15) is 73.4 Å². The van der Waals surface area contributed by atoms with Gasteiger partial charge >= 0.3 is 5.97 Å². The van der Waals surface area contributed by atoms with Gasteiger partial charge < -0.3 is 89.4 Å². The van der Waals surface area contributed by atoms with E-state index in [1.165, 1.54) is 5.57 Å². The Morgan fingerprint density at radius 1 is 0.657 bits per heavy atom. The third-order valence-electron chi connectivity index (χ3n) is 19.4. The van der Waals surface area contributed by atoms with Gasteiger partial charge in [0.15, 0.2) is 25.0 Å². The number of hydrogen-bond acceptors (Lipinski definition) is 18. The molecule has 8 aliphatic rings. The van der Waals surface area contributed by atoms with Crippen LogP contribution in [0.25, 0.3) is 0 Å². The Balaban J connectivity index is 1.08. The molecule has 382 valence electrons. The highest BCUT2D eigenvalue weighted by Gasteiger charge is 2.70. The van der Waals surface area contributed by atoms with Crippen LogP contribution in [-0.2, 0) is 38.0 Å². The summed E-state index contributed by atoms with van der Waals surface area (Å²) in [6.07, 6.45) is -19.1. The lowest BCUT2D eigenvalue weighted by atomic mass is 9.33. The minimum absolute atomic E-state index is 0.00247. The van der Waals surface area contributed by atoms with Gasteiger partial charge in [-0.25, -0.2) is 4.79 Å². The largest absolute Gasteiger partial charge is 0.479 e. The number of carbonyl (C=O) groups excluding carboxylic acids is 1. The first-order valence-electron chi connectivity index (χ1n) is 24.3. The van der Waals surface area contributed by atoms with Crippen LogP contribution in [0.3, 0.4) is 0 Å². The van der Waals surface area contributed by atoms with E-state index in [4.69, 9.17) is 28.4 Å². The number of carbonyl (C=O) groups is 2. The van der Waals surface area contributed by atoms with E-state index in [0.717, 1.165) is 44.8 Å². The molecule has 0 spiro atoms. The van der Waals surface area contributed by atoms with Crippen molar-refractivity contribution >= 4 is 12.3 Å². The van der Waals surface area contributed by atoms with Gasteiger partial charge in [0, 0.05) is 5.41 Å². The van der Waals surface area contributed by atoms with Crippen LogP contribution < -0.4 is 0 Å². The Morgan fingerprint density at radius 2 is 1.24 bits per heavy atom. The number of aliphatic carboxylic acids is 1. The lowest BCUT2D eigenvalue weighted by molar-refractivity contribution is -0.396. The monoisotopic (exact) mass is 956 g/mol. The summed E-state index contributed by atoms with van der Waals surface area (Å²) in [7, 11) is 0. The molecule has 0 aromatic heterocycles. The number of hydrogen-bond donors (Lipinski definition) is 11. The van der Waals surface area contributed by atoms with Gasteiger partial charge in [0.2, 0.25) is 0 Å². The number of fused-ring (bicyclic) bond motifs is 7. The molecule has 3 heterocycles. The number of carboxylic acid groups (broad SMARTS) is 1. The first-order valence-corrected chi connectivity index (χ1v) is 24.3. The van der Waals surface area contributed by atoms with Crippen molar-refractivity contribution in [3.05, 3.63) is 11.6 Å². The minimum Gasteiger partial charge on any atom is -0.479 e. The normalized spacial score (nSPS) is 55.2. The van der Waals surface area contributed by atoms with E-state index in [1.807, 2.05) is 6.92 Å². The van der Waals surface area contributed by atoms with E-state index in [-0.39, 0.29) is 50.9 Å². The summed E-state index contributed by atoms with van der Waals surface area (Å²) in [5.41, 5.74) is -0.555. The van der Waals surface area contributed by atoms with Crippen molar-refractivity contribution in [2.24, 2.45) is 50.2 Å². The van der Waals surface area contributed by atoms with Gasteiger partial charge in [-0.15, -0.1) is 0 Å². The van der Waals surface area contributed by atoms with Crippen LogP contribution in [0.4, 0.5) is 0 Å². The Labute approximate surface area is 391 Å². The van der Waals surface area contributed by atoms with Crippen LogP contribution in [0.1, 0.15) is 106 Å². The third kappa shape index (κ3) is 8.01. The minimum atomic E-state index is -2.12. The Bertz CT molecular complexity index is 1870. The maximum Gasteiger partial charge on any atom is 0.335 e. The van der Waals surface area contributed by atoms with Crippen molar-refractivity contribution in [3.63, 3.8) is 0 Å². The van der Waals surface area contributed by atoms with Gasteiger partial charge in [-0.3, -0.25) is 0 Å². The fourth-order valence-corrected chi connectivity index (χ4v) is 15.0. The van der Waals surface area contributed by atoms with Crippen LogP contribution in [0.2, 0.25) is 0 Å². The van der Waals surface area contributed by atoms with E-state index in [1.54, 1.807) is 0 Å². The first kappa shape index (κ1) is 51.6. The van der Waals surface area contributed by atoms with Crippen molar-refractivity contribution in [2.45, 2.75) is 211 Å². The second-order valence-electron chi connectivity index (χ2n) is 23.4. The molecule has 0 bridgehead atoms. The zero-order chi connectivity index (χ0) is 49.1. The molecule has 3 aliphatic heterocycles. The standard InChI is InChI=1S/C48H76O19/c1-43(2)16-22-21-8-9-26-45(4)12-11-28(46(5,20-51)25(45)10-13-48(26,7)47(21,6)15-14-44(22,3)27(52)17-43)64-42-38(34(58)33(57)36(65-42)39(60)61)67-41-37(32(56)30(54)24(19-50)63-41)66-40-35(59)31(55)29(53)23(18-49)62-40/h8,20,22-38,40-42,49-50,52-59H,9-19H2,1-7H3,(H,60,61)/t22?,23-,24-,25?,26?,27?,28?,29-,30+,31-,32-,33+,34-,35-,36+,37-,38-,40+,41+,42-,44?,45?,46?,47?,48?/m1/s1. The zero-order valence-corrected chi connectivity index (χ0v) is 39.7. The summed E-state index contributed by atoms with van der Waals surface area (Å²) in [5.74, 6) is -1.42. The summed E-state index contributed by atoms with van der Waals surface area (Å²) < 4.78 is 35.8. The van der Waals surface area contributed by atoms with Crippen molar-refractivity contribution in [3.8, 4) is 0 Å². The van der Waals surface area contributed by atoms with Crippen LogP contribution in [0.15, 0.2) is 11.6 Å². The number of aldehydes is 1. The summed E-state index contributed by atoms with van der Waals surface area (Å²) in [4.78, 5) is 26.2. The predicted octanol–water partition coefficient (Wildman–Crippen LogP) is -0.116. The van der Waals surface area contributed by atoms with Gasteiger partial charge in [-0.1, -0.05) is 60.1 Å². The lowest BCUT2D eigenvalue weighted by Crippen LogP contribution is -2.68. The smallest absolute Gasteiger partial charge is 0.335 e. The SMILES string of the molecule is CC1(C)CC(O)C2(C)CCC3(C)C(=CCC4C5(C)CCC(O[C@@H]6O[C@H](C(=O)O)[C@@H](O)[C@@H](O)[C@H]6O[C@@H]6O[C@H](CO)[C@H](O)[C@@H](O)[C@H]6O[C@@H]6O[C@H](CO)[C@@H](O)[C@@H](O)[C@H]6O)C(C)(C=O)C5CCC43C)C2C1. The molecule has 19 heteroatoms. The molecule has 0 aromatic carbocycles. The molecule has 0 amide bonds. The van der Waals surface area contributed by atoms with Crippen LogP contribution in [-0.4, -0.2) is 186 Å². The Hall–Kier alpha value is -1.76. The molecule has 19 nitrogen and oxygen atoms in total. The van der Waals surface area contributed by atoms with Crippen LogP contribution in [0.5, 0.6) is 0 Å². The van der Waals surface area contributed by atoms with E-state index >= 15 is 0 Å². The van der Waals surface area contributed by atoms with Crippen molar-refractivity contribution < 1.29 is 94.2 Å². The Kier molecular flexibility index (Phi) is 13.9. The number of aliphatic hydroxyl groups is 10. The van der Waals surface area contributed by atoms with E-state index < -0.39 is 123 Å². The zero-order valence-electron chi connectivity index (χ0n) is 39.7. The average Bonchev–Trinajstić information content (AvgIpc) is 3.27. The molecule has 5 aliphatic carbocycles. The van der Waals surface area contributed by atoms with Crippen LogP contribution in [0, 0.1) is 50.2 Å². The highest BCUT2D eigenvalue weighted by molar-refractivity contribution is 5.73. The predicted molar refractivity (Wildman–Crippen MR) is 231 cm³/mol. The van der Waals surface area contributed by atoms with Crippen LogP contribution >= 0.6 is 0 Å². The highest BCUT2D eigenvalue weighted by Crippen LogP contribution is 2.75. The number of ether oxygens (including phenoxy) is 6. The third-order valence-corrected chi connectivity index (χ3v) is 19.4. The quantitative estimate of drug-likeness (QED) is 0.0773. The molecule has 11 N–H and O–H groups in total. The molecule has 3 saturated heterocycles. The molecule has 25 atom stereocenters. The second kappa shape index (κ2) is 18.1. The molecule has 7 fully saturated rings. The molecule has 0 radical (unpaired) electrons. The summed E-state index contributed by atoms with van der Waals surface area (Å²) >= 11 is 0. The Morgan fingerprint density at radius 3 is 1.85 bits per heavy atom. The van der Waals surface area contributed by atoms with E-state index in [0.29, 0.717) is 19.3 Å². The van der Waals surface area contributed by atoms with Crippen molar-refractivity contribution in [1.29, 1.82) is 0 Å². The second-order valence-corrected chi connectivity index (χ2v) is 23.4. The molecule has 10 unspecified atom stereocenters. The van der Waals surface area contributed by atoms with Gasteiger partial charge in [-0.05, 0) is 97.2 Å². The lowest BCUT2D eigenvalue weighted by Gasteiger charge is -2.71. The highest BCUT2D eigenvalue weighted by atomic mass is 16.8. The first-order chi connectivity index (χ1) is 31.3. The molecular weight excluding hydrogens is 881 g/mol. The fraction of sp³-hybridized carbons (Fsp3) is 0.917. The van der Waals surface area contributed by atoms with E-state index in [2.05, 4.69) is 47.6 Å². The number of allylic oxidation sites excluding steroid dienone is 2. The van der Waals surface area contributed by atoms with Crippen molar-refractivity contribution in [1.82, 2.24) is 0 Å². The maximum atomic E-state index is 13.8. The van der Waals surface area contributed by atoms with Gasteiger partial charge in [-0.2, -0.15) is 0 Å². The summed E-state index contributed by atoms with van der Waals surface area (Å²) in [5, 5.41) is 118. The van der Waals surface area contributed by atoms with Gasteiger partial charge in [0.25, 0.3) is 0 Å². The number of rotatable bonds is 10. The molecule has 67 heavy (non-hydrogen) atoms. The molecule has 0 aromatic rings. The molecule has 4 saturated carbocycles. The van der Waals surface area contributed by atoms with Crippen molar-refractivity contribution in [2.75, 3.05) is 13.2 Å². The summed E-state index contributed by atoms with van der Waals surface area (Å²) in [6, 6.07) is 0. The number of carboxylic acids is 1. The molecular formula is C48H76O19.